The first-order valence-corrected chi connectivity index (χ1v) is 12.3. The number of carbonyl (C=O) groups excluding carboxylic acids is 1. The summed E-state index contributed by atoms with van der Waals surface area (Å²) in [5, 5.41) is 3.80. The predicted octanol–water partition coefficient (Wildman–Crippen LogP) is 4.89. The largest absolute Gasteiger partial charge is 0.366 e. The Balaban J connectivity index is 1.40. The van der Waals surface area contributed by atoms with Crippen LogP contribution in [0.25, 0.3) is 11.3 Å². The maximum atomic E-state index is 13.4. The highest BCUT2D eigenvalue weighted by Crippen LogP contribution is 2.29. The minimum Gasteiger partial charge on any atom is -0.366 e. The summed E-state index contributed by atoms with van der Waals surface area (Å²) in [6, 6.07) is 14.2. The van der Waals surface area contributed by atoms with Gasteiger partial charge in [0.25, 0.3) is 0 Å². The molecule has 6 nitrogen and oxygen atoms in total. The fourth-order valence-electron chi connectivity index (χ4n) is 4.37. The van der Waals surface area contributed by atoms with E-state index in [1.54, 1.807) is 12.3 Å². The lowest BCUT2D eigenvalue weighted by molar-refractivity contribution is -0.133. The molecule has 0 saturated carbocycles. The summed E-state index contributed by atoms with van der Waals surface area (Å²) in [6.45, 7) is 2.51. The summed E-state index contributed by atoms with van der Waals surface area (Å²) >= 11 is 6.50. The zero-order valence-corrected chi connectivity index (χ0v) is 20.9. The highest BCUT2D eigenvalue weighted by molar-refractivity contribution is 6.33. The van der Waals surface area contributed by atoms with E-state index in [9.17, 15) is 9.18 Å². The average molecular weight is 496 g/mol. The zero-order chi connectivity index (χ0) is 24.8. The fraction of sp³-hybridized carbons (Fsp3) is 0.370. The Kier molecular flexibility index (Phi) is 8.31. The highest BCUT2D eigenvalue weighted by Gasteiger charge is 2.23. The molecular weight excluding hydrogens is 465 g/mol. The Morgan fingerprint density at radius 3 is 2.69 bits per heavy atom. The smallest absolute Gasteiger partial charge is 0.236 e. The third-order valence-corrected chi connectivity index (χ3v) is 6.52. The van der Waals surface area contributed by atoms with Gasteiger partial charge in [-0.2, -0.15) is 0 Å². The van der Waals surface area contributed by atoms with Gasteiger partial charge in [-0.25, -0.2) is 9.37 Å². The van der Waals surface area contributed by atoms with Crippen LogP contribution in [0.1, 0.15) is 24.1 Å². The van der Waals surface area contributed by atoms with E-state index in [1.807, 2.05) is 54.2 Å². The molecule has 0 radical (unpaired) electrons. The van der Waals surface area contributed by atoms with Crippen molar-refractivity contribution < 1.29 is 9.18 Å². The van der Waals surface area contributed by atoms with Crippen molar-refractivity contribution in [2.75, 3.05) is 39.0 Å². The number of hydrogen-bond donors (Lipinski definition) is 1. The number of rotatable bonds is 8. The molecule has 1 fully saturated rings. The topological polar surface area (TPSA) is 61.4 Å². The van der Waals surface area contributed by atoms with Gasteiger partial charge in [0.15, 0.2) is 0 Å². The Labute approximate surface area is 211 Å². The maximum Gasteiger partial charge on any atom is 0.236 e. The third-order valence-electron chi connectivity index (χ3n) is 6.22. The van der Waals surface area contributed by atoms with Gasteiger partial charge < -0.3 is 15.1 Å². The predicted molar refractivity (Wildman–Crippen MR) is 138 cm³/mol. The average Bonchev–Trinajstić information content (AvgIpc) is 2.84. The van der Waals surface area contributed by atoms with Gasteiger partial charge in [0.1, 0.15) is 11.6 Å². The lowest BCUT2D eigenvalue weighted by Crippen LogP contribution is -2.43. The summed E-state index contributed by atoms with van der Waals surface area (Å²) in [5.74, 6) is 1.10. The number of anilines is 1. The van der Waals surface area contributed by atoms with Crippen molar-refractivity contribution in [3.63, 3.8) is 0 Å². The van der Waals surface area contributed by atoms with Crippen LogP contribution in [0.15, 0.2) is 54.7 Å². The lowest BCUT2D eigenvalue weighted by atomic mass is 9.91. The summed E-state index contributed by atoms with van der Waals surface area (Å²) in [5.41, 5.74) is 3.41. The molecule has 1 saturated heterocycles. The minimum atomic E-state index is -0.257. The molecule has 184 valence electrons. The lowest BCUT2D eigenvalue weighted by Gasteiger charge is -2.32. The summed E-state index contributed by atoms with van der Waals surface area (Å²) < 4.78 is 13.4. The number of amides is 1. The van der Waals surface area contributed by atoms with Crippen LogP contribution < -0.4 is 5.32 Å². The summed E-state index contributed by atoms with van der Waals surface area (Å²) in [7, 11) is 3.83. The van der Waals surface area contributed by atoms with Crippen molar-refractivity contribution in [3.8, 4) is 11.3 Å². The number of piperidine rings is 1. The molecule has 1 aliphatic heterocycles. The molecule has 8 heteroatoms. The molecule has 4 rings (SSSR count). The number of halogens is 2. The van der Waals surface area contributed by atoms with Crippen molar-refractivity contribution in [1.29, 1.82) is 0 Å². The number of carbonyl (C=O) groups is 1. The van der Waals surface area contributed by atoms with Crippen LogP contribution in [0.2, 0.25) is 5.02 Å². The second kappa shape index (κ2) is 11.6. The second-order valence-electron chi connectivity index (χ2n) is 9.31. The van der Waals surface area contributed by atoms with Gasteiger partial charge in [-0.15, -0.1) is 0 Å². The molecule has 3 heterocycles. The SMILES string of the molecule is CN(C)CC(=O)N1CCC(Cc2cc(-c3cccc(NCc4cccc(F)c4)n3)c(Cl)cn2)CC1. The van der Waals surface area contributed by atoms with Gasteiger partial charge in [-0.3, -0.25) is 9.78 Å². The van der Waals surface area contributed by atoms with Gasteiger partial charge in [0, 0.05) is 37.1 Å². The normalized spacial score (nSPS) is 14.4. The van der Waals surface area contributed by atoms with E-state index in [2.05, 4.69) is 10.3 Å². The van der Waals surface area contributed by atoms with Gasteiger partial charge in [0.05, 0.1) is 17.3 Å². The molecule has 1 aliphatic rings. The molecule has 0 aliphatic carbocycles. The first-order chi connectivity index (χ1) is 16.9. The molecule has 1 N–H and O–H groups in total. The maximum absolute atomic E-state index is 13.4. The highest BCUT2D eigenvalue weighted by atomic mass is 35.5. The molecule has 2 aromatic heterocycles. The molecule has 3 aromatic rings. The molecule has 0 atom stereocenters. The monoisotopic (exact) mass is 495 g/mol. The number of pyridine rings is 2. The van der Waals surface area contributed by atoms with Gasteiger partial charge in [-0.05, 0) is 75.2 Å². The first kappa shape index (κ1) is 25.1. The third kappa shape index (κ3) is 6.99. The number of nitrogens with one attached hydrogen (secondary N) is 1. The number of nitrogens with zero attached hydrogens (tertiary/aromatic N) is 4. The molecule has 35 heavy (non-hydrogen) atoms. The Hall–Kier alpha value is -3.03. The van der Waals surface area contributed by atoms with E-state index in [0.717, 1.165) is 54.9 Å². The van der Waals surface area contributed by atoms with E-state index in [1.165, 1.54) is 12.1 Å². The quantitative estimate of drug-likeness (QED) is 0.482. The molecule has 0 bridgehead atoms. The van der Waals surface area contributed by atoms with Crippen LogP contribution in [-0.4, -0.2) is 59.4 Å². The Morgan fingerprint density at radius 1 is 1.17 bits per heavy atom. The fourth-order valence-corrected chi connectivity index (χ4v) is 4.57. The van der Waals surface area contributed by atoms with Crippen molar-refractivity contribution in [3.05, 3.63) is 76.8 Å². The number of likely N-dealkylation sites (N-methyl/N-ethyl adjacent to an activating group) is 1. The van der Waals surface area contributed by atoms with E-state index < -0.39 is 0 Å². The van der Waals surface area contributed by atoms with Crippen LogP contribution in [0.3, 0.4) is 0 Å². The van der Waals surface area contributed by atoms with Crippen LogP contribution in [0.4, 0.5) is 10.2 Å². The first-order valence-electron chi connectivity index (χ1n) is 11.9. The van der Waals surface area contributed by atoms with Gasteiger partial charge >= 0.3 is 0 Å². The minimum absolute atomic E-state index is 0.192. The van der Waals surface area contributed by atoms with Gasteiger partial charge in [-0.1, -0.05) is 29.8 Å². The molecular formula is C27H31ClFN5O. The molecule has 1 amide bonds. The van der Waals surface area contributed by atoms with E-state index in [0.29, 0.717) is 29.8 Å². The molecule has 0 spiro atoms. The number of hydrogen-bond acceptors (Lipinski definition) is 5. The van der Waals surface area contributed by atoms with Crippen LogP contribution in [-0.2, 0) is 17.8 Å². The number of likely N-dealkylation sites (tertiary alicyclic amines) is 1. The van der Waals surface area contributed by atoms with Gasteiger partial charge in [0.2, 0.25) is 5.91 Å². The van der Waals surface area contributed by atoms with Crippen LogP contribution >= 0.6 is 11.6 Å². The van der Waals surface area contributed by atoms with E-state index >= 15 is 0 Å². The number of aromatic nitrogens is 2. The summed E-state index contributed by atoms with van der Waals surface area (Å²) in [6.07, 6.45) is 4.47. The number of benzene rings is 1. The standard InChI is InChI=1S/C27H31ClFN5O/c1-33(2)18-27(35)34-11-9-19(10-12-34)14-22-15-23(24(28)17-30-22)25-7-4-8-26(32-25)31-16-20-5-3-6-21(29)13-20/h3-8,13,15,17,19H,9-12,14,16,18H2,1-2H3,(H,31,32). The second-order valence-corrected chi connectivity index (χ2v) is 9.72. The van der Waals surface area contributed by atoms with Crippen molar-refractivity contribution >= 4 is 23.3 Å². The Bertz CT molecular complexity index is 1160. The van der Waals surface area contributed by atoms with Crippen molar-refractivity contribution in [2.45, 2.75) is 25.8 Å². The van der Waals surface area contributed by atoms with E-state index in [4.69, 9.17) is 16.6 Å². The van der Waals surface area contributed by atoms with Crippen LogP contribution in [0, 0.1) is 11.7 Å². The van der Waals surface area contributed by atoms with Crippen molar-refractivity contribution in [2.24, 2.45) is 5.92 Å². The Morgan fingerprint density at radius 2 is 1.94 bits per heavy atom. The van der Waals surface area contributed by atoms with E-state index in [-0.39, 0.29) is 11.7 Å². The summed E-state index contributed by atoms with van der Waals surface area (Å²) in [4.78, 5) is 25.5. The van der Waals surface area contributed by atoms with Crippen molar-refractivity contribution in [1.82, 2.24) is 19.8 Å². The molecule has 0 unspecified atom stereocenters. The van der Waals surface area contributed by atoms with Crippen LogP contribution in [0.5, 0.6) is 0 Å². The zero-order valence-electron chi connectivity index (χ0n) is 20.2. The molecule has 1 aromatic carbocycles.